The summed E-state index contributed by atoms with van der Waals surface area (Å²) < 4.78 is 6.61. The minimum Gasteiger partial charge on any atom is -0.487 e. The number of hydrogen-bond donors (Lipinski definition) is 1. The number of carbonyl (C=O) groups is 1. The molecular weight excluding hydrogens is 460 g/mol. The number of aryl methyl sites for hydroxylation is 1. The van der Waals surface area contributed by atoms with Crippen LogP contribution in [0, 0.1) is 6.92 Å². The number of hydrogen-bond acceptors (Lipinski definition) is 8. The number of thioether (sulfide) groups is 1. The molecule has 0 spiro atoms. The van der Waals surface area contributed by atoms with Crippen LogP contribution < -0.4 is 10.1 Å². The van der Waals surface area contributed by atoms with Crippen LogP contribution in [-0.2, 0) is 17.2 Å². The lowest BCUT2D eigenvalue weighted by Crippen LogP contribution is -2.07. The van der Waals surface area contributed by atoms with E-state index < -0.39 is 0 Å². The summed E-state index contributed by atoms with van der Waals surface area (Å²) in [6.45, 7) is 2.39. The third kappa shape index (κ3) is 6.74. The molecule has 2 aromatic heterocycles. The van der Waals surface area contributed by atoms with Crippen molar-refractivity contribution in [2.45, 2.75) is 23.6 Å². The van der Waals surface area contributed by atoms with Crippen molar-refractivity contribution in [2.75, 3.05) is 5.32 Å². The summed E-state index contributed by atoms with van der Waals surface area (Å²) in [7, 11) is 0. The van der Waals surface area contributed by atoms with Crippen LogP contribution in [0.25, 0.3) is 6.08 Å². The Morgan fingerprint density at radius 3 is 2.84 bits per heavy atom. The van der Waals surface area contributed by atoms with Crippen LogP contribution in [-0.4, -0.2) is 21.1 Å². The number of carbonyl (C=O) groups excluding carboxylic acids is 1. The largest absolute Gasteiger partial charge is 0.487 e. The Morgan fingerprint density at radius 2 is 2.03 bits per heavy atom. The molecule has 2 aromatic carbocycles. The first-order chi connectivity index (χ1) is 15.6. The van der Waals surface area contributed by atoms with Gasteiger partial charge in [-0.05, 0) is 36.3 Å². The normalized spacial score (nSPS) is 11.0. The minimum atomic E-state index is -0.259. The molecular formula is C23H20N4O2S3. The first kappa shape index (κ1) is 22.2. The molecule has 9 heteroatoms. The van der Waals surface area contributed by atoms with Crippen LogP contribution in [0.3, 0.4) is 0 Å². The van der Waals surface area contributed by atoms with E-state index in [1.807, 2.05) is 54.8 Å². The number of ether oxygens (including phenoxy) is 1. The average Bonchev–Trinajstić information content (AvgIpc) is 3.44. The van der Waals surface area contributed by atoms with Crippen molar-refractivity contribution < 1.29 is 9.53 Å². The summed E-state index contributed by atoms with van der Waals surface area (Å²) in [5.74, 6) is 1.27. The Morgan fingerprint density at radius 1 is 1.16 bits per heavy atom. The smallest absolute Gasteiger partial charge is 0.250 e. The van der Waals surface area contributed by atoms with E-state index in [-0.39, 0.29) is 5.91 Å². The molecule has 4 rings (SSSR count). The molecule has 162 valence electrons. The van der Waals surface area contributed by atoms with Gasteiger partial charge in [0.2, 0.25) is 11.0 Å². The summed E-state index contributed by atoms with van der Waals surface area (Å²) in [5.41, 5.74) is 2.99. The first-order valence-corrected chi connectivity index (χ1v) is 12.5. The Kier molecular flexibility index (Phi) is 7.65. The lowest BCUT2D eigenvalue weighted by molar-refractivity contribution is -0.111. The zero-order valence-corrected chi connectivity index (χ0v) is 19.7. The topological polar surface area (TPSA) is 77.0 Å². The minimum absolute atomic E-state index is 0.259. The summed E-state index contributed by atoms with van der Waals surface area (Å²) in [4.78, 5) is 16.7. The van der Waals surface area contributed by atoms with Gasteiger partial charge in [0, 0.05) is 17.2 Å². The monoisotopic (exact) mass is 480 g/mol. The SMILES string of the molecule is Cc1nc(COc2cccc(/C=C/C(=O)Nc3nnc(SCc4ccccc4)s3)c2)cs1. The van der Waals surface area contributed by atoms with Crippen molar-refractivity contribution in [2.24, 2.45) is 0 Å². The van der Waals surface area contributed by atoms with Crippen molar-refractivity contribution in [3.63, 3.8) is 0 Å². The van der Waals surface area contributed by atoms with Gasteiger partial charge in [-0.2, -0.15) is 0 Å². The number of anilines is 1. The Bertz CT molecular complexity index is 1200. The molecule has 0 aliphatic rings. The Hall–Kier alpha value is -3.01. The van der Waals surface area contributed by atoms with E-state index in [0.717, 1.165) is 32.1 Å². The van der Waals surface area contributed by atoms with Crippen molar-refractivity contribution in [3.05, 3.63) is 87.9 Å². The van der Waals surface area contributed by atoms with Gasteiger partial charge in [0.15, 0.2) is 4.34 Å². The maximum Gasteiger partial charge on any atom is 0.250 e. The highest BCUT2D eigenvalue weighted by Crippen LogP contribution is 2.28. The number of rotatable bonds is 9. The molecule has 6 nitrogen and oxygen atoms in total. The molecule has 0 radical (unpaired) electrons. The summed E-state index contributed by atoms with van der Waals surface area (Å²) in [6, 6.07) is 17.7. The molecule has 0 saturated carbocycles. The molecule has 0 unspecified atom stereocenters. The van der Waals surface area contributed by atoms with Gasteiger partial charge in [-0.3, -0.25) is 10.1 Å². The van der Waals surface area contributed by atoms with Crippen LogP contribution in [0.2, 0.25) is 0 Å². The number of benzene rings is 2. The van der Waals surface area contributed by atoms with Crippen LogP contribution in [0.5, 0.6) is 5.75 Å². The lowest BCUT2D eigenvalue weighted by atomic mass is 10.2. The van der Waals surface area contributed by atoms with Crippen molar-refractivity contribution in [3.8, 4) is 5.75 Å². The van der Waals surface area contributed by atoms with Crippen LogP contribution in [0.15, 0.2) is 70.4 Å². The van der Waals surface area contributed by atoms with Crippen LogP contribution >= 0.6 is 34.4 Å². The quantitative estimate of drug-likeness (QED) is 0.185. The summed E-state index contributed by atoms with van der Waals surface area (Å²) in [6.07, 6.45) is 3.21. The number of amides is 1. The van der Waals surface area contributed by atoms with Gasteiger partial charge in [0.1, 0.15) is 12.4 Å². The zero-order valence-electron chi connectivity index (χ0n) is 17.2. The van der Waals surface area contributed by atoms with Gasteiger partial charge < -0.3 is 4.74 Å². The predicted molar refractivity (Wildman–Crippen MR) is 131 cm³/mol. The maximum atomic E-state index is 12.3. The fourth-order valence-electron chi connectivity index (χ4n) is 2.70. The third-order valence-corrected chi connectivity index (χ3v) is 7.05. The molecule has 32 heavy (non-hydrogen) atoms. The highest BCUT2D eigenvalue weighted by molar-refractivity contribution is 8.00. The average molecular weight is 481 g/mol. The maximum absolute atomic E-state index is 12.3. The van der Waals surface area contributed by atoms with Crippen LogP contribution in [0.4, 0.5) is 5.13 Å². The molecule has 2 heterocycles. The summed E-state index contributed by atoms with van der Waals surface area (Å²) in [5, 5.41) is 14.4. The molecule has 0 aliphatic carbocycles. The van der Waals surface area contributed by atoms with Gasteiger partial charge in [-0.25, -0.2) is 4.98 Å². The molecule has 0 fully saturated rings. The van der Waals surface area contributed by atoms with E-state index in [4.69, 9.17) is 4.74 Å². The van der Waals surface area contributed by atoms with E-state index in [0.29, 0.717) is 11.7 Å². The van der Waals surface area contributed by atoms with E-state index in [9.17, 15) is 4.79 Å². The van der Waals surface area contributed by atoms with Crippen molar-refractivity contribution in [1.82, 2.24) is 15.2 Å². The lowest BCUT2D eigenvalue weighted by Gasteiger charge is -2.05. The fraction of sp³-hybridized carbons (Fsp3) is 0.130. The molecule has 0 saturated heterocycles. The predicted octanol–water partition coefficient (Wildman–Crippen LogP) is 5.83. The van der Waals surface area contributed by atoms with Gasteiger partial charge in [0.05, 0.1) is 10.7 Å². The molecule has 1 N–H and O–H groups in total. The van der Waals surface area contributed by atoms with Crippen molar-refractivity contribution in [1.29, 1.82) is 0 Å². The zero-order chi connectivity index (χ0) is 22.2. The molecule has 0 atom stereocenters. The fourth-order valence-corrected chi connectivity index (χ4v) is 5.00. The molecule has 0 bridgehead atoms. The van der Waals surface area contributed by atoms with E-state index in [2.05, 4.69) is 32.6 Å². The van der Waals surface area contributed by atoms with E-state index >= 15 is 0 Å². The second kappa shape index (κ2) is 11.0. The van der Waals surface area contributed by atoms with Gasteiger partial charge >= 0.3 is 0 Å². The number of nitrogens with one attached hydrogen (secondary N) is 1. The van der Waals surface area contributed by atoms with E-state index in [1.165, 1.54) is 23.0 Å². The first-order valence-electron chi connectivity index (χ1n) is 9.77. The summed E-state index contributed by atoms with van der Waals surface area (Å²) >= 11 is 4.56. The van der Waals surface area contributed by atoms with Gasteiger partial charge in [0.25, 0.3) is 0 Å². The molecule has 0 aliphatic heterocycles. The highest BCUT2D eigenvalue weighted by Gasteiger charge is 2.07. The second-order valence-corrected chi connectivity index (χ2v) is 9.95. The second-order valence-electron chi connectivity index (χ2n) is 6.69. The van der Waals surface area contributed by atoms with Crippen molar-refractivity contribution >= 4 is 51.6 Å². The van der Waals surface area contributed by atoms with E-state index in [1.54, 1.807) is 29.2 Å². The molecule has 4 aromatic rings. The van der Waals surface area contributed by atoms with Gasteiger partial charge in [-0.1, -0.05) is 65.6 Å². The van der Waals surface area contributed by atoms with Crippen LogP contribution in [0.1, 0.15) is 21.8 Å². The molecule has 1 amide bonds. The van der Waals surface area contributed by atoms with Gasteiger partial charge in [-0.15, -0.1) is 21.5 Å². The Labute approximate surface area is 198 Å². The number of nitrogens with zero attached hydrogens (tertiary/aromatic N) is 3. The number of aromatic nitrogens is 3. The number of thiazole rings is 1. The standard InChI is InChI=1S/C23H20N4O2S3/c1-16-24-19(15-30-16)13-29-20-9-5-8-17(12-20)10-11-21(28)25-22-26-27-23(32-22)31-14-18-6-3-2-4-7-18/h2-12,15H,13-14H2,1H3,(H,25,26,28)/b11-10+. The Balaban J connectivity index is 1.27. The highest BCUT2D eigenvalue weighted by atomic mass is 32.2. The third-order valence-electron chi connectivity index (χ3n) is 4.18.